The summed E-state index contributed by atoms with van der Waals surface area (Å²) in [6, 6.07) is 2.71. The molecule has 4 heteroatoms. The Balaban J connectivity index is 2.20. The van der Waals surface area contributed by atoms with Gasteiger partial charge >= 0.3 is 0 Å². The maximum Gasteiger partial charge on any atom is 0.150 e. The first-order chi connectivity index (χ1) is 8.28. The largest absolute Gasteiger partial charge is 0.377 e. The number of nitrogens with one attached hydrogen (secondary N) is 1. The highest BCUT2D eigenvalue weighted by atomic mass is 79.9. The van der Waals surface area contributed by atoms with E-state index in [4.69, 9.17) is 0 Å². The molecule has 1 N–H and O–H groups in total. The molecule has 1 fully saturated rings. The molecule has 1 aliphatic rings. The minimum Gasteiger partial charge on any atom is -0.377 e. The lowest BCUT2D eigenvalue weighted by Crippen LogP contribution is -2.23. The quantitative estimate of drug-likeness (QED) is 0.812. The number of anilines is 1. The smallest absolute Gasteiger partial charge is 0.150 e. The summed E-state index contributed by atoms with van der Waals surface area (Å²) < 4.78 is 27.9. The summed E-state index contributed by atoms with van der Waals surface area (Å²) >= 11 is 3.08. The number of hydrogen-bond acceptors (Lipinski definition) is 1. The predicted octanol–water partition coefficient (Wildman–Crippen LogP) is 4.96. The molecule has 1 aromatic rings. The van der Waals surface area contributed by atoms with Crippen molar-refractivity contribution >= 4 is 21.6 Å². The van der Waals surface area contributed by atoms with Gasteiger partial charge in [-0.1, -0.05) is 36.7 Å². The van der Waals surface area contributed by atoms with E-state index in [1.54, 1.807) is 0 Å². The minimum absolute atomic E-state index is 0.00671. The SMILES string of the molecule is CC1CC(C)(C)CC1Nc1c(F)cc(Br)cc1F. The van der Waals surface area contributed by atoms with Crippen LogP contribution in [0.1, 0.15) is 33.6 Å². The molecular formula is C14H18BrF2N. The van der Waals surface area contributed by atoms with Crippen molar-refractivity contribution in [2.24, 2.45) is 11.3 Å². The average molecular weight is 318 g/mol. The molecule has 0 aromatic heterocycles. The summed E-state index contributed by atoms with van der Waals surface area (Å²) in [6.45, 7) is 6.51. The highest BCUT2D eigenvalue weighted by Crippen LogP contribution is 2.42. The van der Waals surface area contributed by atoms with Crippen LogP contribution >= 0.6 is 15.9 Å². The second-order valence-corrected chi connectivity index (χ2v) is 6.96. The van der Waals surface area contributed by atoms with E-state index in [1.165, 1.54) is 12.1 Å². The normalized spacial score (nSPS) is 26.3. The van der Waals surface area contributed by atoms with Crippen molar-refractivity contribution in [1.29, 1.82) is 0 Å². The van der Waals surface area contributed by atoms with Crippen molar-refractivity contribution in [3.8, 4) is 0 Å². The van der Waals surface area contributed by atoms with Crippen molar-refractivity contribution in [3.63, 3.8) is 0 Å². The summed E-state index contributed by atoms with van der Waals surface area (Å²) in [7, 11) is 0. The minimum atomic E-state index is -0.543. The molecule has 0 radical (unpaired) electrons. The third-order valence-electron chi connectivity index (χ3n) is 3.67. The van der Waals surface area contributed by atoms with Crippen LogP contribution in [-0.2, 0) is 0 Å². The van der Waals surface area contributed by atoms with Crippen LogP contribution in [0.25, 0.3) is 0 Å². The molecule has 0 amide bonds. The molecule has 2 rings (SSSR count). The maximum absolute atomic E-state index is 13.8. The first-order valence-electron chi connectivity index (χ1n) is 6.19. The fourth-order valence-corrected chi connectivity index (χ4v) is 3.35. The Morgan fingerprint density at radius 1 is 1.22 bits per heavy atom. The van der Waals surface area contributed by atoms with Gasteiger partial charge in [-0.2, -0.15) is 0 Å². The van der Waals surface area contributed by atoms with Gasteiger partial charge in [0, 0.05) is 10.5 Å². The summed E-state index contributed by atoms with van der Waals surface area (Å²) in [4.78, 5) is 0. The molecule has 2 unspecified atom stereocenters. The van der Waals surface area contributed by atoms with Crippen LogP contribution in [-0.4, -0.2) is 6.04 Å². The summed E-state index contributed by atoms with van der Waals surface area (Å²) in [5.41, 5.74) is 0.229. The van der Waals surface area contributed by atoms with Gasteiger partial charge in [0.25, 0.3) is 0 Å². The molecule has 0 aliphatic heterocycles. The maximum atomic E-state index is 13.8. The van der Waals surface area contributed by atoms with Gasteiger partial charge in [-0.3, -0.25) is 0 Å². The standard InChI is InChI=1S/C14H18BrF2N/c1-8-6-14(2,3)7-12(8)18-13-10(16)4-9(15)5-11(13)17/h4-5,8,12,18H,6-7H2,1-3H3. The van der Waals surface area contributed by atoms with Crippen molar-refractivity contribution in [3.05, 3.63) is 28.2 Å². The fourth-order valence-electron chi connectivity index (χ4n) is 2.95. The molecule has 2 atom stereocenters. The molecule has 0 spiro atoms. The van der Waals surface area contributed by atoms with Gasteiger partial charge in [-0.05, 0) is 36.3 Å². The Morgan fingerprint density at radius 3 is 2.22 bits per heavy atom. The summed E-state index contributed by atoms with van der Waals surface area (Å²) in [6.07, 6.45) is 2.01. The van der Waals surface area contributed by atoms with Gasteiger partial charge in [-0.25, -0.2) is 8.78 Å². The third kappa shape index (κ3) is 2.85. The van der Waals surface area contributed by atoms with Crippen LogP contribution < -0.4 is 5.32 Å². The number of benzene rings is 1. The van der Waals surface area contributed by atoms with Crippen LogP contribution in [0.2, 0.25) is 0 Å². The molecular weight excluding hydrogens is 300 g/mol. The molecule has 0 heterocycles. The second kappa shape index (κ2) is 4.80. The van der Waals surface area contributed by atoms with Gasteiger partial charge in [0.1, 0.15) is 17.3 Å². The Kier molecular flexibility index (Phi) is 3.67. The molecule has 1 nitrogen and oxygen atoms in total. The monoisotopic (exact) mass is 317 g/mol. The Morgan fingerprint density at radius 2 is 1.78 bits per heavy atom. The van der Waals surface area contributed by atoms with Crippen LogP contribution in [0.15, 0.2) is 16.6 Å². The van der Waals surface area contributed by atoms with Crippen molar-refractivity contribution < 1.29 is 8.78 Å². The second-order valence-electron chi connectivity index (χ2n) is 6.05. The molecule has 1 saturated carbocycles. The van der Waals surface area contributed by atoms with Gasteiger partial charge in [-0.15, -0.1) is 0 Å². The lowest BCUT2D eigenvalue weighted by atomic mass is 9.91. The summed E-state index contributed by atoms with van der Waals surface area (Å²) in [5.74, 6) is -0.667. The zero-order valence-corrected chi connectivity index (χ0v) is 12.4. The van der Waals surface area contributed by atoms with E-state index in [-0.39, 0.29) is 17.1 Å². The summed E-state index contributed by atoms with van der Waals surface area (Å²) in [5, 5.41) is 3.04. The molecule has 1 aliphatic carbocycles. The molecule has 0 bridgehead atoms. The molecule has 1 aromatic carbocycles. The topological polar surface area (TPSA) is 12.0 Å². The number of halogens is 3. The van der Waals surface area contributed by atoms with Crippen molar-refractivity contribution in [1.82, 2.24) is 0 Å². The highest BCUT2D eigenvalue weighted by Gasteiger charge is 2.37. The van der Waals surface area contributed by atoms with E-state index in [0.717, 1.165) is 12.8 Å². The van der Waals surface area contributed by atoms with E-state index in [9.17, 15) is 8.78 Å². The van der Waals surface area contributed by atoms with E-state index in [1.807, 2.05) is 0 Å². The Labute approximate surface area is 115 Å². The van der Waals surface area contributed by atoms with E-state index < -0.39 is 11.6 Å². The molecule has 100 valence electrons. The first kappa shape index (κ1) is 13.8. The van der Waals surface area contributed by atoms with Crippen molar-refractivity contribution in [2.45, 2.75) is 39.7 Å². The van der Waals surface area contributed by atoms with Gasteiger partial charge in [0.2, 0.25) is 0 Å². The average Bonchev–Trinajstić information content (AvgIpc) is 2.45. The van der Waals surface area contributed by atoms with Crippen molar-refractivity contribution in [2.75, 3.05) is 5.32 Å². The number of hydrogen-bond donors (Lipinski definition) is 1. The van der Waals surface area contributed by atoms with Crippen LogP contribution in [0.3, 0.4) is 0 Å². The van der Waals surface area contributed by atoms with Gasteiger partial charge in [0.15, 0.2) is 0 Å². The first-order valence-corrected chi connectivity index (χ1v) is 6.99. The van der Waals surface area contributed by atoms with Gasteiger partial charge < -0.3 is 5.32 Å². The lowest BCUT2D eigenvalue weighted by molar-refractivity contribution is 0.366. The Bertz CT molecular complexity index is 436. The predicted molar refractivity (Wildman–Crippen MR) is 73.6 cm³/mol. The Hall–Kier alpha value is -0.640. The van der Waals surface area contributed by atoms with Crippen LogP contribution in [0.4, 0.5) is 14.5 Å². The number of rotatable bonds is 2. The van der Waals surface area contributed by atoms with Crippen LogP contribution in [0.5, 0.6) is 0 Å². The molecule has 0 saturated heterocycles. The highest BCUT2D eigenvalue weighted by molar-refractivity contribution is 9.10. The lowest BCUT2D eigenvalue weighted by Gasteiger charge is -2.20. The third-order valence-corrected chi connectivity index (χ3v) is 4.13. The van der Waals surface area contributed by atoms with E-state index in [0.29, 0.717) is 10.4 Å². The van der Waals surface area contributed by atoms with Gasteiger partial charge in [0.05, 0.1) is 0 Å². The zero-order chi connectivity index (χ0) is 13.5. The van der Waals surface area contributed by atoms with E-state index >= 15 is 0 Å². The van der Waals surface area contributed by atoms with E-state index in [2.05, 4.69) is 42.0 Å². The molecule has 18 heavy (non-hydrogen) atoms. The zero-order valence-electron chi connectivity index (χ0n) is 10.9. The fraction of sp³-hybridized carbons (Fsp3) is 0.571. The van der Waals surface area contributed by atoms with Crippen LogP contribution in [0, 0.1) is 23.0 Å².